The minimum atomic E-state index is -0.172. The summed E-state index contributed by atoms with van der Waals surface area (Å²) in [4.78, 5) is 0. The van der Waals surface area contributed by atoms with E-state index in [0.29, 0.717) is 0 Å². The summed E-state index contributed by atoms with van der Waals surface area (Å²) in [6.07, 6.45) is 0. The summed E-state index contributed by atoms with van der Waals surface area (Å²) in [5, 5.41) is 2.06. The zero-order valence-corrected chi connectivity index (χ0v) is 14.4. The molecule has 1 nitrogen and oxygen atoms in total. The van der Waals surface area contributed by atoms with Gasteiger partial charge in [-0.2, -0.15) is 0 Å². The van der Waals surface area contributed by atoms with Crippen molar-refractivity contribution in [2.24, 2.45) is 0 Å². The number of hydrogen-bond acceptors (Lipinski definition) is 1. The van der Waals surface area contributed by atoms with Crippen molar-refractivity contribution < 1.29 is 4.74 Å². The van der Waals surface area contributed by atoms with Gasteiger partial charge in [0.05, 0.1) is 12.5 Å². The molecule has 3 aromatic rings. The highest BCUT2D eigenvalue weighted by Gasteiger charge is 2.17. The average molecular weight is 409 g/mol. The van der Waals surface area contributed by atoms with E-state index < -0.39 is 0 Å². The van der Waals surface area contributed by atoms with Crippen LogP contribution in [-0.2, 0) is 0 Å². The summed E-state index contributed by atoms with van der Waals surface area (Å²) in [5.74, 6) is 0.876. The Morgan fingerprint density at radius 3 is 2.24 bits per heavy atom. The highest BCUT2D eigenvalue weighted by Crippen LogP contribution is 2.38. The molecule has 0 aliphatic rings. The van der Waals surface area contributed by atoms with Crippen LogP contribution in [0.1, 0.15) is 16.5 Å². The normalized spacial score (nSPS) is 12.3. The molecule has 1 atom stereocenters. The van der Waals surface area contributed by atoms with E-state index in [1.54, 1.807) is 7.11 Å². The van der Waals surface area contributed by atoms with Crippen LogP contribution in [0.15, 0.2) is 60.7 Å². The van der Waals surface area contributed by atoms with Crippen LogP contribution in [0, 0.1) is 3.57 Å². The fourth-order valence-electron chi connectivity index (χ4n) is 2.54. The van der Waals surface area contributed by atoms with Crippen molar-refractivity contribution in [3.8, 4) is 5.75 Å². The Bertz CT molecular complexity index is 785. The largest absolute Gasteiger partial charge is 0.496 e. The molecule has 0 N–H and O–H groups in total. The van der Waals surface area contributed by atoms with Crippen molar-refractivity contribution in [3.05, 3.63) is 75.4 Å². The first-order chi connectivity index (χ1) is 10.2. The molecule has 0 radical (unpaired) electrons. The van der Waals surface area contributed by atoms with Gasteiger partial charge in [-0.15, -0.1) is 11.6 Å². The molecule has 1 unspecified atom stereocenters. The fraction of sp³-hybridized carbons (Fsp3) is 0.111. The molecule has 0 aromatic heterocycles. The third-order valence-electron chi connectivity index (χ3n) is 3.59. The number of rotatable bonds is 3. The Labute approximate surface area is 143 Å². The van der Waals surface area contributed by atoms with E-state index in [0.717, 1.165) is 27.6 Å². The van der Waals surface area contributed by atoms with Crippen LogP contribution in [0.4, 0.5) is 0 Å². The predicted octanol–water partition coefficient (Wildman–Crippen LogP) is 5.78. The van der Waals surface area contributed by atoms with Crippen molar-refractivity contribution in [1.82, 2.24) is 0 Å². The smallest absolute Gasteiger partial charge is 0.126 e. The summed E-state index contributed by atoms with van der Waals surface area (Å²) in [6, 6.07) is 20.5. The first kappa shape index (κ1) is 14.7. The van der Waals surface area contributed by atoms with Crippen molar-refractivity contribution in [2.45, 2.75) is 5.38 Å². The zero-order valence-electron chi connectivity index (χ0n) is 11.5. The van der Waals surface area contributed by atoms with Gasteiger partial charge < -0.3 is 4.74 Å². The number of hydrogen-bond donors (Lipinski definition) is 0. The number of halogens is 2. The summed E-state index contributed by atoms with van der Waals surface area (Å²) in [7, 11) is 1.69. The summed E-state index contributed by atoms with van der Waals surface area (Å²) in [5.41, 5.74) is 2.24. The van der Waals surface area contributed by atoms with Crippen molar-refractivity contribution in [3.63, 3.8) is 0 Å². The summed E-state index contributed by atoms with van der Waals surface area (Å²) in [6.45, 7) is 0. The van der Waals surface area contributed by atoms with E-state index in [9.17, 15) is 0 Å². The minimum absolute atomic E-state index is 0.172. The monoisotopic (exact) mass is 408 g/mol. The summed E-state index contributed by atoms with van der Waals surface area (Å²) < 4.78 is 6.62. The fourth-order valence-corrected chi connectivity index (χ4v) is 3.81. The molecule has 0 amide bonds. The molecule has 0 fully saturated rings. The third kappa shape index (κ3) is 2.74. The van der Waals surface area contributed by atoms with Gasteiger partial charge >= 0.3 is 0 Å². The lowest BCUT2D eigenvalue weighted by Crippen LogP contribution is -1.98. The van der Waals surface area contributed by atoms with Crippen LogP contribution >= 0.6 is 34.2 Å². The van der Waals surface area contributed by atoms with Gasteiger partial charge in [0.1, 0.15) is 5.75 Å². The molecule has 0 spiro atoms. The molecule has 0 aliphatic heterocycles. The molecule has 0 saturated heterocycles. The number of fused-ring (bicyclic) bond motifs is 1. The van der Waals surface area contributed by atoms with Gasteiger partial charge in [-0.3, -0.25) is 0 Å². The van der Waals surface area contributed by atoms with Gasteiger partial charge in [-0.1, -0.05) is 48.5 Å². The van der Waals surface area contributed by atoms with Crippen molar-refractivity contribution in [1.29, 1.82) is 0 Å². The maximum atomic E-state index is 6.77. The highest BCUT2D eigenvalue weighted by atomic mass is 127. The number of alkyl halides is 1. The number of benzene rings is 3. The van der Waals surface area contributed by atoms with Crippen LogP contribution in [0.25, 0.3) is 10.8 Å². The molecule has 106 valence electrons. The Morgan fingerprint density at radius 2 is 1.52 bits per heavy atom. The Hall–Kier alpha value is -1.26. The van der Waals surface area contributed by atoms with Crippen LogP contribution in [0.2, 0.25) is 0 Å². The van der Waals surface area contributed by atoms with Crippen LogP contribution in [0.5, 0.6) is 5.75 Å². The zero-order chi connectivity index (χ0) is 14.8. The Balaban J connectivity index is 2.19. The predicted molar refractivity (Wildman–Crippen MR) is 97.4 cm³/mol. The summed E-state index contributed by atoms with van der Waals surface area (Å²) >= 11 is 9.10. The second-order valence-electron chi connectivity index (χ2n) is 4.79. The van der Waals surface area contributed by atoms with Crippen molar-refractivity contribution in [2.75, 3.05) is 7.11 Å². The molecular formula is C18H14ClIO. The third-order valence-corrected chi connectivity index (χ3v) is 5.04. The first-order valence-corrected chi connectivity index (χ1v) is 8.18. The van der Waals surface area contributed by atoms with Crippen LogP contribution < -0.4 is 4.74 Å². The van der Waals surface area contributed by atoms with E-state index in [1.165, 1.54) is 3.57 Å². The second kappa shape index (κ2) is 6.24. The quantitative estimate of drug-likeness (QED) is 0.394. The average Bonchev–Trinajstić information content (AvgIpc) is 2.53. The molecule has 0 heterocycles. The van der Waals surface area contributed by atoms with E-state index in [1.807, 2.05) is 30.3 Å². The maximum absolute atomic E-state index is 6.77. The number of methoxy groups -OCH3 is 1. The topological polar surface area (TPSA) is 9.23 Å². The first-order valence-electron chi connectivity index (χ1n) is 6.66. The number of ether oxygens (including phenoxy) is 1. The molecule has 3 rings (SSSR count). The standard InChI is InChI=1S/C18H14ClIO/c1-21-17-11-10-14(12-6-2-3-7-13(12)17)18(19)15-8-4-5-9-16(15)20/h2-11,18H,1H3. The van der Waals surface area contributed by atoms with E-state index in [2.05, 4.69) is 52.9 Å². The molecule has 0 bridgehead atoms. The van der Waals surface area contributed by atoms with Gasteiger partial charge in [-0.25, -0.2) is 0 Å². The van der Waals surface area contributed by atoms with Gasteiger partial charge in [0.2, 0.25) is 0 Å². The van der Waals surface area contributed by atoms with Gasteiger partial charge in [0, 0.05) is 8.96 Å². The van der Waals surface area contributed by atoms with Gasteiger partial charge in [0.15, 0.2) is 0 Å². The molecule has 21 heavy (non-hydrogen) atoms. The SMILES string of the molecule is COc1ccc(C(Cl)c2ccccc2I)c2ccccc12. The van der Waals surface area contributed by atoms with Crippen LogP contribution in [0.3, 0.4) is 0 Å². The van der Waals surface area contributed by atoms with E-state index in [-0.39, 0.29) is 5.38 Å². The van der Waals surface area contributed by atoms with Crippen molar-refractivity contribution >= 4 is 45.0 Å². The molecular weight excluding hydrogens is 395 g/mol. The van der Waals surface area contributed by atoms with Gasteiger partial charge in [-0.05, 0) is 51.2 Å². The molecule has 0 aliphatic carbocycles. The van der Waals surface area contributed by atoms with Gasteiger partial charge in [0.25, 0.3) is 0 Å². The minimum Gasteiger partial charge on any atom is -0.496 e. The maximum Gasteiger partial charge on any atom is 0.126 e. The molecule has 3 aromatic carbocycles. The Morgan fingerprint density at radius 1 is 0.857 bits per heavy atom. The lowest BCUT2D eigenvalue weighted by molar-refractivity contribution is 0.419. The van der Waals surface area contributed by atoms with Crippen LogP contribution in [-0.4, -0.2) is 7.11 Å². The lowest BCUT2D eigenvalue weighted by atomic mass is 9.97. The highest BCUT2D eigenvalue weighted by molar-refractivity contribution is 14.1. The lowest BCUT2D eigenvalue weighted by Gasteiger charge is -2.16. The molecule has 3 heteroatoms. The Kier molecular flexibility index (Phi) is 4.36. The second-order valence-corrected chi connectivity index (χ2v) is 6.39. The van der Waals surface area contributed by atoms with E-state index in [4.69, 9.17) is 16.3 Å². The molecule has 0 saturated carbocycles. The van der Waals surface area contributed by atoms with E-state index >= 15 is 0 Å².